The molecule has 11 heteroatoms. The smallest absolute Gasteiger partial charge is 0.229 e. The molecule has 3 aromatic carbocycles. The highest BCUT2D eigenvalue weighted by Crippen LogP contribution is 2.30. The summed E-state index contributed by atoms with van der Waals surface area (Å²) in [6.07, 6.45) is -0.780. The molecule has 0 aliphatic heterocycles. The molecule has 0 aliphatic carbocycles. The Morgan fingerprint density at radius 1 is 1.00 bits per heavy atom. The Balaban J connectivity index is 1.79. The summed E-state index contributed by atoms with van der Waals surface area (Å²) in [5.41, 5.74) is 0.983. The van der Waals surface area contributed by atoms with E-state index in [4.69, 9.17) is 27.9 Å². The number of hydrogen-bond acceptors (Lipinski definition) is 5. The number of aliphatic hydroxyl groups is 1. The molecule has 0 bridgehead atoms. The van der Waals surface area contributed by atoms with Crippen molar-refractivity contribution in [2.24, 2.45) is 0 Å². The van der Waals surface area contributed by atoms with Gasteiger partial charge in [-0.1, -0.05) is 35.3 Å². The van der Waals surface area contributed by atoms with Crippen LogP contribution in [0.15, 0.2) is 60.7 Å². The van der Waals surface area contributed by atoms with E-state index in [1.54, 1.807) is 30.3 Å². The third kappa shape index (κ3) is 8.04. The number of hydrogen-bond donors (Lipinski definition) is 3. The number of rotatable bonds is 11. The standard InChI is InChI=1S/C25H26Cl2F2N2O4S/c1-15(32)25(35-19-9-7-18(8-10-19)31-36(2,33)34)30-14-17(16-6-11-21(26)22(27)13-16)12-20-23(28)4-3-5-24(20)29/h3-11,13,15,17,25,30-32H,12,14H2,1-2H3. The van der Waals surface area contributed by atoms with Gasteiger partial charge in [-0.25, -0.2) is 17.2 Å². The number of ether oxygens (including phenoxy) is 1. The van der Waals surface area contributed by atoms with Crippen molar-refractivity contribution in [3.63, 3.8) is 0 Å². The third-order valence-electron chi connectivity index (χ3n) is 5.35. The van der Waals surface area contributed by atoms with Crippen LogP contribution in [0.5, 0.6) is 5.75 Å². The summed E-state index contributed by atoms with van der Waals surface area (Å²) in [4.78, 5) is 0. The fourth-order valence-electron chi connectivity index (χ4n) is 3.58. The Bertz CT molecular complexity index is 1270. The summed E-state index contributed by atoms with van der Waals surface area (Å²) >= 11 is 12.2. The van der Waals surface area contributed by atoms with Gasteiger partial charge in [0.2, 0.25) is 10.0 Å². The van der Waals surface area contributed by atoms with Crippen LogP contribution in [0.1, 0.15) is 24.0 Å². The molecule has 0 radical (unpaired) electrons. The summed E-state index contributed by atoms with van der Waals surface area (Å²) in [6.45, 7) is 1.71. The zero-order chi connectivity index (χ0) is 26.5. The molecule has 0 saturated heterocycles. The van der Waals surface area contributed by atoms with Gasteiger partial charge in [0.25, 0.3) is 0 Å². The van der Waals surface area contributed by atoms with E-state index in [-0.39, 0.29) is 18.5 Å². The van der Waals surface area contributed by atoms with Crippen molar-refractivity contribution in [1.82, 2.24) is 5.32 Å². The summed E-state index contributed by atoms with van der Waals surface area (Å²) in [7, 11) is -3.42. The molecule has 0 fully saturated rings. The van der Waals surface area contributed by atoms with Crippen LogP contribution in [-0.4, -0.2) is 38.7 Å². The van der Waals surface area contributed by atoms with Crippen LogP contribution in [0.4, 0.5) is 14.5 Å². The van der Waals surface area contributed by atoms with E-state index in [9.17, 15) is 22.3 Å². The van der Waals surface area contributed by atoms with Crippen LogP contribution in [0, 0.1) is 11.6 Å². The number of benzene rings is 3. The molecular weight excluding hydrogens is 533 g/mol. The average Bonchev–Trinajstić information content (AvgIpc) is 2.79. The largest absolute Gasteiger partial charge is 0.473 e. The van der Waals surface area contributed by atoms with Gasteiger partial charge >= 0.3 is 0 Å². The fourth-order valence-corrected chi connectivity index (χ4v) is 4.45. The van der Waals surface area contributed by atoms with Gasteiger partial charge in [-0.2, -0.15) is 0 Å². The first-order valence-corrected chi connectivity index (χ1v) is 13.6. The fraction of sp³-hybridized carbons (Fsp3) is 0.280. The topological polar surface area (TPSA) is 87.7 Å². The molecule has 3 atom stereocenters. The van der Waals surface area contributed by atoms with Gasteiger partial charge < -0.3 is 9.84 Å². The molecule has 0 amide bonds. The van der Waals surface area contributed by atoms with Gasteiger partial charge in [0.05, 0.1) is 16.3 Å². The monoisotopic (exact) mass is 558 g/mol. The molecule has 3 aromatic rings. The second-order valence-electron chi connectivity index (χ2n) is 8.36. The zero-order valence-corrected chi connectivity index (χ0v) is 21.8. The van der Waals surface area contributed by atoms with Crippen molar-refractivity contribution in [3.8, 4) is 5.75 Å². The molecule has 6 nitrogen and oxygen atoms in total. The molecule has 3 N–H and O–H groups in total. The molecular formula is C25H26Cl2F2N2O4S. The van der Waals surface area contributed by atoms with Crippen LogP contribution in [0.3, 0.4) is 0 Å². The lowest BCUT2D eigenvalue weighted by Gasteiger charge is -2.26. The first-order valence-electron chi connectivity index (χ1n) is 11.0. The maximum atomic E-state index is 14.4. The Kier molecular flexibility index (Phi) is 9.54. The van der Waals surface area contributed by atoms with E-state index >= 15 is 0 Å². The van der Waals surface area contributed by atoms with Crippen molar-refractivity contribution in [3.05, 3.63) is 93.5 Å². The Labute approximate surface area is 219 Å². The van der Waals surface area contributed by atoms with Crippen molar-refractivity contribution in [2.75, 3.05) is 17.5 Å². The molecule has 0 spiro atoms. The minimum Gasteiger partial charge on any atom is -0.473 e. The Hall–Kier alpha value is -2.43. The molecule has 3 rings (SSSR count). The minimum atomic E-state index is -3.42. The molecule has 0 aromatic heterocycles. The Morgan fingerprint density at radius 3 is 2.19 bits per heavy atom. The average molecular weight is 559 g/mol. The third-order valence-corrected chi connectivity index (χ3v) is 6.70. The summed E-state index contributed by atoms with van der Waals surface area (Å²) in [5.74, 6) is -1.40. The normalized spacial score (nSPS) is 14.2. The van der Waals surface area contributed by atoms with E-state index in [1.807, 2.05) is 0 Å². The van der Waals surface area contributed by atoms with E-state index in [1.165, 1.54) is 37.3 Å². The summed E-state index contributed by atoms with van der Waals surface area (Å²) in [5, 5.41) is 14.0. The van der Waals surface area contributed by atoms with Crippen molar-refractivity contribution in [1.29, 1.82) is 0 Å². The van der Waals surface area contributed by atoms with Gasteiger partial charge in [-0.05, 0) is 67.4 Å². The quantitative estimate of drug-likeness (QED) is 0.276. The molecule has 0 heterocycles. The zero-order valence-electron chi connectivity index (χ0n) is 19.5. The molecule has 3 unspecified atom stereocenters. The van der Waals surface area contributed by atoms with Crippen LogP contribution in [0.25, 0.3) is 0 Å². The van der Waals surface area contributed by atoms with Crippen LogP contribution in [-0.2, 0) is 16.4 Å². The predicted molar refractivity (Wildman–Crippen MR) is 138 cm³/mol. The van der Waals surface area contributed by atoms with Crippen molar-refractivity contribution >= 4 is 38.9 Å². The van der Waals surface area contributed by atoms with Gasteiger partial charge in [-0.3, -0.25) is 10.0 Å². The maximum absolute atomic E-state index is 14.4. The first kappa shape index (κ1) is 28.1. The van der Waals surface area contributed by atoms with E-state index in [2.05, 4.69) is 10.0 Å². The lowest BCUT2D eigenvalue weighted by molar-refractivity contribution is 0.0261. The maximum Gasteiger partial charge on any atom is 0.229 e. The van der Waals surface area contributed by atoms with Crippen LogP contribution >= 0.6 is 23.2 Å². The number of nitrogens with one attached hydrogen (secondary N) is 2. The van der Waals surface area contributed by atoms with Gasteiger partial charge in [0.15, 0.2) is 6.23 Å². The minimum absolute atomic E-state index is 0.0157. The first-order chi connectivity index (χ1) is 16.9. The summed E-state index contributed by atoms with van der Waals surface area (Å²) in [6, 6.07) is 14.8. The summed E-state index contributed by atoms with van der Waals surface area (Å²) < 4.78 is 59.8. The number of anilines is 1. The number of sulfonamides is 1. The molecule has 0 aliphatic rings. The lowest BCUT2D eigenvalue weighted by atomic mass is 9.91. The van der Waals surface area contributed by atoms with E-state index in [0.29, 0.717) is 27.0 Å². The second-order valence-corrected chi connectivity index (χ2v) is 10.9. The highest BCUT2D eigenvalue weighted by Gasteiger charge is 2.23. The van der Waals surface area contributed by atoms with E-state index < -0.39 is 39.9 Å². The van der Waals surface area contributed by atoms with Gasteiger partial charge in [-0.15, -0.1) is 0 Å². The highest BCUT2D eigenvalue weighted by molar-refractivity contribution is 7.92. The number of halogens is 4. The van der Waals surface area contributed by atoms with Crippen LogP contribution < -0.4 is 14.8 Å². The van der Waals surface area contributed by atoms with Crippen LogP contribution in [0.2, 0.25) is 10.0 Å². The Morgan fingerprint density at radius 2 is 1.64 bits per heavy atom. The van der Waals surface area contributed by atoms with Crippen molar-refractivity contribution < 1.29 is 27.0 Å². The van der Waals surface area contributed by atoms with E-state index in [0.717, 1.165) is 6.26 Å². The van der Waals surface area contributed by atoms with Crippen molar-refractivity contribution in [2.45, 2.75) is 31.6 Å². The second kappa shape index (κ2) is 12.2. The van der Waals surface area contributed by atoms with Gasteiger partial charge in [0, 0.05) is 23.7 Å². The van der Waals surface area contributed by atoms with Gasteiger partial charge in [0.1, 0.15) is 23.5 Å². The number of aliphatic hydroxyl groups excluding tert-OH is 1. The SMILES string of the molecule is CC(O)C(NCC(Cc1c(F)cccc1F)c1ccc(Cl)c(Cl)c1)Oc1ccc(NS(C)(=O)=O)cc1. The molecule has 36 heavy (non-hydrogen) atoms. The highest BCUT2D eigenvalue weighted by atomic mass is 35.5. The lowest BCUT2D eigenvalue weighted by Crippen LogP contribution is -2.45. The molecule has 194 valence electrons. The predicted octanol–water partition coefficient (Wildman–Crippen LogP) is 5.34. The molecule has 0 saturated carbocycles.